The maximum absolute atomic E-state index is 13.4. The standard InChI is InChI=1S/C78H143NO18/c1-3-5-7-9-11-13-15-17-18-19-20-21-22-23-24-25-26-27-28-29-30-31-32-33-34-35-36-37-38-39-40-41-42-44-46-48-50-52-54-56-66(84)79-61(62(83)55-53-51-49-47-45-43-16-14-12-10-8-6-4-2)60-92-76-72(90)69(87)74(64(58-81)94-76)97-78-73(91)70(88)75(65(59-82)95-78)96-77-71(89)68(86)67(85)63(57-80)93-77/h5,7,11,13,17-18,20-21,61-65,67-78,80-83,85-91H,3-4,6,8-10,12,14-16,19,22-60H2,1-2H3,(H,79,84)/b7-5-,13-11-,18-17-,21-20-. The summed E-state index contributed by atoms with van der Waals surface area (Å²) < 4.78 is 34.4. The Morgan fingerprint density at radius 1 is 0.381 bits per heavy atom. The van der Waals surface area contributed by atoms with E-state index in [0.29, 0.717) is 12.8 Å². The normalized spacial score (nSPS) is 27.1. The number of amides is 1. The van der Waals surface area contributed by atoms with Gasteiger partial charge in [0.2, 0.25) is 5.91 Å². The Kier molecular flexibility index (Phi) is 54.3. The summed E-state index contributed by atoms with van der Waals surface area (Å²) >= 11 is 0. The van der Waals surface area contributed by atoms with E-state index >= 15 is 0 Å². The molecular weight excluding hydrogens is 1240 g/mol. The molecular formula is C78H143NO18. The van der Waals surface area contributed by atoms with Crippen LogP contribution < -0.4 is 5.32 Å². The molecule has 0 aromatic rings. The summed E-state index contributed by atoms with van der Waals surface area (Å²) in [5.74, 6) is -0.238. The highest BCUT2D eigenvalue weighted by Crippen LogP contribution is 2.33. The van der Waals surface area contributed by atoms with E-state index < -0.39 is 124 Å². The van der Waals surface area contributed by atoms with Gasteiger partial charge in [0, 0.05) is 6.42 Å². The second kappa shape index (κ2) is 59.2. The topological polar surface area (TPSA) is 307 Å². The molecule has 568 valence electrons. The molecule has 0 bridgehead atoms. The summed E-state index contributed by atoms with van der Waals surface area (Å²) in [4.78, 5) is 13.4. The molecule has 3 fully saturated rings. The Balaban J connectivity index is 1.27. The molecule has 0 spiro atoms. The van der Waals surface area contributed by atoms with Gasteiger partial charge >= 0.3 is 0 Å². The predicted octanol–water partition coefficient (Wildman–Crippen LogP) is 12.5. The van der Waals surface area contributed by atoms with Crippen LogP contribution in [0, 0.1) is 0 Å². The fraction of sp³-hybridized carbons (Fsp3) is 0.885. The Bertz CT molecular complexity index is 1940. The van der Waals surface area contributed by atoms with Crippen molar-refractivity contribution in [2.45, 2.75) is 413 Å². The van der Waals surface area contributed by atoms with Crippen LogP contribution in [0.15, 0.2) is 48.6 Å². The summed E-state index contributed by atoms with van der Waals surface area (Å²) in [6.07, 6.45) is 46.6. The smallest absolute Gasteiger partial charge is 0.220 e. The molecule has 0 radical (unpaired) electrons. The van der Waals surface area contributed by atoms with Gasteiger partial charge in [-0.1, -0.05) is 300 Å². The molecule has 1 amide bonds. The lowest BCUT2D eigenvalue weighted by Crippen LogP contribution is -2.66. The van der Waals surface area contributed by atoms with Crippen molar-refractivity contribution in [2.75, 3.05) is 26.4 Å². The van der Waals surface area contributed by atoms with E-state index in [1.54, 1.807) is 0 Å². The number of ether oxygens (including phenoxy) is 6. The quantitative estimate of drug-likeness (QED) is 0.0199. The Morgan fingerprint density at radius 3 is 1.11 bits per heavy atom. The number of allylic oxidation sites excluding steroid dienone is 8. The second-order valence-electron chi connectivity index (χ2n) is 28.2. The summed E-state index contributed by atoms with van der Waals surface area (Å²) in [6, 6.07) is -0.885. The number of aliphatic hydroxyl groups excluding tert-OH is 11. The molecule has 0 aromatic carbocycles. The molecule has 0 aromatic heterocycles. The van der Waals surface area contributed by atoms with Gasteiger partial charge in [0.15, 0.2) is 18.9 Å². The fourth-order valence-corrected chi connectivity index (χ4v) is 13.4. The highest BCUT2D eigenvalue weighted by molar-refractivity contribution is 5.76. The van der Waals surface area contributed by atoms with Gasteiger partial charge in [-0.3, -0.25) is 4.79 Å². The van der Waals surface area contributed by atoms with E-state index in [0.717, 1.165) is 70.6 Å². The van der Waals surface area contributed by atoms with Gasteiger partial charge in [0.05, 0.1) is 38.6 Å². The van der Waals surface area contributed by atoms with E-state index in [2.05, 4.69) is 67.8 Å². The molecule has 3 heterocycles. The maximum atomic E-state index is 13.4. The summed E-state index contributed by atoms with van der Waals surface area (Å²) in [5, 5.41) is 121. The predicted molar refractivity (Wildman–Crippen MR) is 383 cm³/mol. The molecule has 19 heteroatoms. The molecule has 12 N–H and O–H groups in total. The van der Waals surface area contributed by atoms with Gasteiger partial charge in [-0.25, -0.2) is 0 Å². The number of rotatable bonds is 62. The van der Waals surface area contributed by atoms with Crippen LogP contribution in [0.4, 0.5) is 0 Å². The van der Waals surface area contributed by atoms with Crippen molar-refractivity contribution in [2.24, 2.45) is 0 Å². The van der Waals surface area contributed by atoms with Crippen molar-refractivity contribution in [3.05, 3.63) is 48.6 Å². The van der Waals surface area contributed by atoms with Crippen LogP contribution in [-0.4, -0.2) is 193 Å². The lowest BCUT2D eigenvalue weighted by atomic mass is 9.96. The minimum atomic E-state index is -1.97. The van der Waals surface area contributed by atoms with Crippen LogP contribution in [0.1, 0.15) is 309 Å². The zero-order valence-corrected chi connectivity index (χ0v) is 60.6. The van der Waals surface area contributed by atoms with Gasteiger partial charge in [0.1, 0.15) is 73.2 Å². The number of nitrogens with one attached hydrogen (secondary N) is 1. The third-order valence-electron chi connectivity index (χ3n) is 19.7. The zero-order valence-electron chi connectivity index (χ0n) is 60.6. The average molecular weight is 1380 g/mol. The van der Waals surface area contributed by atoms with Crippen molar-refractivity contribution < 1.29 is 89.4 Å². The number of carbonyl (C=O) groups excluding carboxylic acids is 1. The minimum absolute atomic E-state index is 0.238. The number of hydrogen-bond donors (Lipinski definition) is 12. The molecule has 0 saturated carbocycles. The fourth-order valence-electron chi connectivity index (χ4n) is 13.4. The van der Waals surface area contributed by atoms with Crippen molar-refractivity contribution in [1.82, 2.24) is 5.32 Å². The molecule has 17 unspecified atom stereocenters. The van der Waals surface area contributed by atoms with Crippen LogP contribution in [-0.2, 0) is 33.2 Å². The molecule has 3 aliphatic heterocycles. The number of unbranched alkanes of at least 4 members (excludes halogenated alkanes) is 38. The molecule has 19 nitrogen and oxygen atoms in total. The van der Waals surface area contributed by atoms with E-state index in [-0.39, 0.29) is 18.9 Å². The second-order valence-corrected chi connectivity index (χ2v) is 28.2. The van der Waals surface area contributed by atoms with Crippen molar-refractivity contribution in [3.8, 4) is 0 Å². The summed E-state index contributed by atoms with van der Waals surface area (Å²) in [6.45, 7) is 1.71. The molecule has 3 aliphatic rings. The average Bonchev–Trinajstić information content (AvgIpc) is 0.809. The Labute approximate surface area is 586 Å². The first-order chi connectivity index (χ1) is 47.3. The summed E-state index contributed by atoms with van der Waals surface area (Å²) in [7, 11) is 0. The zero-order chi connectivity index (χ0) is 70.4. The lowest BCUT2D eigenvalue weighted by Gasteiger charge is -2.48. The van der Waals surface area contributed by atoms with Crippen LogP contribution in [0.3, 0.4) is 0 Å². The highest BCUT2D eigenvalue weighted by Gasteiger charge is 2.54. The third-order valence-corrected chi connectivity index (χ3v) is 19.7. The van der Waals surface area contributed by atoms with Gasteiger partial charge in [0.25, 0.3) is 0 Å². The number of carbonyl (C=O) groups is 1. The van der Waals surface area contributed by atoms with Crippen molar-refractivity contribution in [3.63, 3.8) is 0 Å². The largest absolute Gasteiger partial charge is 0.394 e. The highest BCUT2D eigenvalue weighted by atomic mass is 16.8. The first-order valence-corrected chi connectivity index (χ1v) is 39.4. The third kappa shape index (κ3) is 39.8. The molecule has 3 saturated heterocycles. The first-order valence-electron chi connectivity index (χ1n) is 39.4. The molecule has 3 rings (SSSR count). The Hall–Kier alpha value is -2.25. The van der Waals surface area contributed by atoms with E-state index in [1.807, 2.05) is 0 Å². The van der Waals surface area contributed by atoms with Crippen LogP contribution in [0.25, 0.3) is 0 Å². The minimum Gasteiger partial charge on any atom is -0.394 e. The number of aliphatic hydroxyl groups is 11. The van der Waals surface area contributed by atoms with E-state index in [4.69, 9.17) is 28.4 Å². The van der Waals surface area contributed by atoms with Gasteiger partial charge in [-0.05, 0) is 51.4 Å². The van der Waals surface area contributed by atoms with Crippen molar-refractivity contribution in [1.29, 1.82) is 0 Å². The van der Waals surface area contributed by atoms with Crippen LogP contribution in [0.2, 0.25) is 0 Å². The van der Waals surface area contributed by atoms with Crippen molar-refractivity contribution >= 4 is 5.91 Å². The van der Waals surface area contributed by atoms with E-state index in [1.165, 1.54) is 205 Å². The first kappa shape index (κ1) is 89.0. The Morgan fingerprint density at radius 2 is 0.711 bits per heavy atom. The monoisotopic (exact) mass is 1380 g/mol. The lowest BCUT2D eigenvalue weighted by molar-refractivity contribution is -0.379. The van der Waals surface area contributed by atoms with E-state index in [9.17, 15) is 61.0 Å². The van der Waals surface area contributed by atoms with Gasteiger partial charge in [-0.15, -0.1) is 0 Å². The maximum Gasteiger partial charge on any atom is 0.220 e. The van der Waals surface area contributed by atoms with Gasteiger partial charge < -0.3 is 89.9 Å². The number of hydrogen-bond acceptors (Lipinski definition) is 18. The molecule has 0 aliphatic carbocycles. The van der Waals surface area contributed by atoms with Crippen LogP contribution in [0.5, 0.6) is 0 Å². The van der Waals surface area contributed by atoms with Gasteiger partial charge in [-0.2, -0.15) is 0 Å². The summed E-state index contributed by atoms with van der Waals surface area (Å²) in [5.41, 5.74) is 0. The molecule has 17 atom stereocenters. The van der Waals surface area contributed by atoms with Crippen LogP contribution >= 0.6 is 0 Å². The molecule has 97 heavy (non-hydrogen) atoms. The SMILES string of the molecule is CC/C=C\C/C=C\C/C=C\C/C=C\CCCCCCCCCCCCCCCCCCCCCCCCCCCCC(=O)NC(COC1OC(CO)C(OC2OC(CO)C(OC3OC(CO)C(O)C(O)C3O)C(O)C2O)C(O)C1O)C(O)CCCCCCCCCCCCCCC.